The fourth-order valence-corrected chi connectivity index (χ4v) is 2.79. The quantitative estimate of drug-likeness (QED) is 0.300. The number of nitrogens with zero attached hydrogens (tertiary/aromatic N) is 3. The number of halogens is 1. The van der Waals surface area contributed by atoms with Crippen molar-refractivity contribution in [3.05, 3.63) is 0 Å². The van der Waals surface area contributed by atoms with Crippen LogP contribution in [0, 0.1) is 0 Å². The fraction of sp³-hybridized carbons (Fsp3) is 0.947. The van der Waals surface area contributed by atoms with Crippen LogP contribution in [-0.2, 0) is 0 Å². The summed E-state index contributed by atoms with van der Waals surface area (Å²) in [6.45, 7) is 13.9. The number of hydrogen-bond donors (Lipinski definition) is 0. The second kappa shape index (κ2) is 16.4. The summed E-state index contributed by atoms with van der Waals surface area (Å²) in [5.41, 5.74) is 0. The molecule has 0 aliphatic heterocycles. The van der Waals surface area contributed by atoms with Gasteiger partial charge in [0.05, 0.1) is 40.3 Å². The van der Waals surface area contributed by atoms with Gasteiger partial charge in [-0.25, -0.2) is 0 Å². The first-order chi connectivity index (χ1) is 10.6. The van der Waals surface area contributed by atoms with Crippen LogP contribution in [-0.4, -0.2) is 60.6 Å². The van der Waals surface area contributed by atoms with E-state index in [0.29, 0.717) is 0 Å². The van der Waals surface area contributed by atoms with E-state index in [0.717, 1.165) is 0 Å². The van der Waals surface area contributed by atoms with E-state index >= 15 is 0 Å². The monoisotopic (exact) mass is 347 g/mol. The molecule has 3 nitrogen and oxygen atoms in total. The third-order valence-corrected chi connectivity index (χ3v) is 4.09. The van der Waals surface area contributed by atoms with E-state index in [1.807, 2.05) is 0 Å². The van der Waals surface area contributed by atoms with Gasteiger partial charge in [-0.15, -0.1) is 0 Å². The second-order valence-corrected chi connectivity index (χ2v) is 6.58. The lowest BCUT2D eigenvalue weighted by molar-refractivity contribution is -0.476. The first-order valence-electron chi connectivity index (χ1n) is 9.66. The molecule has 0 radical (unpaired) electrons. The largest absolute Gasteiger partial charge is 1.00 e. The molecule has 0 bridgehead atoms. The van der Waals surface area contributed by atoms with Gasteiger partial charge >= 0.3 is 5.96 Å². The molecular formula is C19H42ClN3. The molecule has 0 aromatic rings. The van der Waals surface area contributed by atoms with Gasteiger partial charge in [-0.1, -0.05) is 53.4 Å². The Morgan fingerprint density at radius 1 is 0.609 bits per heavy atom. The van der Waals surface area contributed by atoms with Gasteiger partial charge in [-0.2, -0.15) is 0 Å². The summed E-state index contributed by atoms with van der Waals surface area (Å²) >= 11 is 0. The van der Waals surface area contributed by atoms with E-state index in [-0.39, 0.29) is 12.4 Å². The topological polar surface area (TPSA) is 9.49 Å². The predicted molar refractivity (Wildman–Crippen MR) is 99.9 cm³/mol. The van der Waals surface area contributed by atoms with Crippen LogP contribution in [0.1, 0.15) is 79.1 Å². The molecular weight excluding hydrogens is 306 g/mol. The van der Waals surface area contributed by atoms with Crippen LogP contribution >= 0.6 is 0 Å². The molecule has 0 spiro atoms. The molecule has 140 valence electrons. The first kappa shape index (κ1) is 24.8. The van der Waals surface area contributed by atoms with Gasteiger partial charge in [0, 0.05) is 0 Å². The van der Waals surface area contributed by atoms with E-state index in [9.17, 15) is 0 Å². The Morgan fingerprint density at radius 2 is 0.870 bits per heavy atom. The molecule has 0 amide bonds. The van der Waals surface area contributed by atoms with E-state index < -0.39 is 0 Å². The van der Waals surface area contributed by atoms with E-state index in [4.69, 9.17) is 0 Å². The van der Waals surface area contributed by atoms with Gasteiger partial charge in [-0.3, -0.25) is 14.4 Å². The van der Waals surface area contributed by atoms with Crippen molar-refractivity contribution in [3.63, 3.8) is 0 Å². The maximum Gasteiger partial charge on any atom is 0.350 e. The minimum absolute atomic E-state index is 0. The number of hydrogen-bond acceptors (Lipinski definition) is 0. The van der Waals surface area contributed by atoms with Crippen LogP contribution in [0.25, 0.3) is 0 Å². The summed E-state index contributed by atoms with van der Waals surface area (Å²) in [5.74, 6) is 1.45. The summed E-state index contributed by atoms with van der Waals surface area (Å²) in [4.78, 5) is 5.27. The summed E-state index contributed by atoms with van der Waals surface area (Å²) in [7, 11) is 4.43. The Balaban J connectivity index is 0. The highest BCUT2D eigenvalue weighted by Gasteiger charge is 2.26. The minimum atomic E-state index is 0. The Hall–Kier alpha value is -0.440. The van der Waals surface area contributed by atoms with Gasteiger partial charge in [0.2, 0.25) is 0 Å². The van der Waals surface area contributed by atoms with Crippen molar-refractivity contribution in [3.8, 4) is 0 Å². The molecule has 0 aromatic heterocycles. The molecule has 0 saturated carbocycles. The van der Waals surface area contributed by atoms with E-state index in [1.54, 1.807) is 0 Å². The maximum atomic E-state index is 2.64. The lowest BCUT2D eigenvalue weighted by Crippen LogP contribution is -3.00. The van der Waals surface area contributed by atoms with Crippen LogP contribution in [0.4, 0.5) is 0 Å². The maximum absolute atomic E-state index is 2.64. The van der Waals surface area contributed by atoms with Crippen LogP contribution in [0.2, 0.25) is 0 Å². The average molecular weight is 348 g/mol. The Morgan fingerprint density at radius 3 is 1.04 bits per heavy atom. The zero-order valence-corrected chi connectivity index (χ0v) is 17.5. The fourth-order valence-electron chi connectivity index (χ4n) is 2.79. The van der Waals surface area contributed by atoms with Gasteiger partial charge < -0.3 is 12.4 Å². The SMILES string of the molecule is CCCCN(CCCC)C(N(CCCC)CCCC)=[N+](C)C.[Cl-]. The Kier molecular flexibility index (Phi) is 17.7. The zero-order valence-electron chi connectivity index (χ0n) is 16.7. The molecule has 0 atom stereocenters. The average Bonchev–Trinajstić information content (AvgIpc) is 2.51. The van der Waals surface area contributed by atoms with Crippen molar-refractivity contribution in [1.82, 2.24) is 9.80 Å². The summed E-state index contributed by atoms with van der Waals surface area (Å²) in [6, 6.07) is 0. The van der Waals surface area contributed by atoms with Gasteiger partial charge in [0.15, 0.2) is 0 Å². The van der Waals surface area contributed by atoms with Crippen molar-refractivity contribution in [2.45, 2.75) is 79.1 Å². The predicted octanol–water partition coefficient (Wildman–Crippen LogP) is 1.42. The van der Waals surface area contributed by atoms with E-state index in [2.05, 4.69) is 56.2 Å². The van der Waals surface area contributed by atoms with Crippen LogP contribution in [0.5, 0.6) is 0 Å². The van der Waals surface area contributed by atoms with Crippen molar-refractivity contribution in [2.24, 2.45) is 0 Å². The molecule has 0 aliphatic rings. The lowest BCUT2D eigenvalue weighted by atomic mass is 10.2. The van der Waals surface area contributed by atoms with Gasteiger partial charge in [-0.05, 0) is 25.7 Å². The molecule has 4 heteroatoms. The Bertz CT molecular complexity index is 250. The van der Waals surface area contributed by atoms with Crippen molar-refractivity contribution in [2.75, 3.05) is 40.3 Å². The molecule has 0 fully saturated rings. The first-order valence-corrected chi connectivity index (χ1v) is 9.66. The molecule has 0 N–H and O–H groups in total. The normalized spacial score (nSPS) is 10.2. The highest BCUT2D eigenvalue weighted by molar-refractivity contribution is 5.75. The molecule has 0 saturated heterocycles. The van der Waals surface area contributed by atoms with Crippen molar-refractivity contribution in [1.29, 1.82) is 0 Å². The zero-order chi connectivity index (χ0) is 16.8. The highest BCUT2D eigenvalue weighted by atomic mass is 35.5. The van der Waals surface area contributed by atoms with Crippen LogP contribution in [0.3, 0.4) is 0 Å². The molecule has 0 aliphatic carbocycles. The molecule has 0 rings (SSSR count). The van der Waals surface area contributed by atoms with Crippen LogP contribution < -0.4 is 12.4 Å². The third kappa shape index (κ3) is 10.9. The van der Waals surface area contributed by atoms with Gasteiger partial charge in [0.25, 0.3) is 0 Å². The number of guanidine groups is 1. The summed E-state index contributed by atoms with van der Waals surface area (Å²) < 4.78 is 2.34. The smallest absolute Gasteiger partial charge is 0.350 e. The van der Waals surface area contributed by atoms with Crippen LogP contribution in [0.15, 0.2) is 0 Å². The highest BCUT2D eigenvalue weighted by Crippen LogP contribution is 2.08. The lowest BCUT2D eigenvalue weighted by Gasteiger charge is -2.29. The Labute approximate surface area is 152 Å². The number of rotatable bonds is 12. The minimum Gasteiger partial charge on any atom is -1.00 e. The standard InChI is InChI=1S/C19H42N3.ClH/c1-7-11-15-21(16-12-8-2)19(20(5)6)22(17-13-9-3)18-14-10-4;/h7-18H2,1-6H3;1H/q+1;/p-1. The number of unbranched alkanes of at least 4 members (excludes halogenated alkanes) is 4. The molecule has 0 aromatic carbocycles. The molecule has 23 heavy (non-hydrogen) atoms. The van der Waals surface area contributed by atoms with Crippen molar-refractivity contribution >= 4 is 5.96 Å². The third-order valence-electron chi connectivity index (χ3n) is 4.09. The van der Waals surface area contributed by atoms with Crippen molar-refractivity contribution < 1.29 is 17.0 Å². The van der Waals surface area contributed by atoms with E-state index in [1.165, 1.54) is 83.5 Å². The molecule has 0 heterocycles. The molecule has 0 unspecified atom stereocenters. The summed E-state index contributed by atoms with van der Waals surface area (Å²) in [6.07, 6.45) is 10.2. The summed E-state index contributed by atoms with van der Waals surface area (Å²) in [5, 5.41) is 0. The van der Waals surface area contributed by atoms with Gasteiger partial charge in [0.1, 0.15) is 0 Å². The second-order valence-electron chi connectivity index (χ2n) is 6.58.